The Kier molecular flexibility index (Phi) is 10.7. The number of amides is 1. The molecule has 2 aromatic carbocycles. The fraction of sp³-hybridized carbons (Fsp3) is 0.550. The van der Waals surface area contributed by atoms with Gasteiger partial charge in [0.1, 0.15) is 12.4 Å². The van der Waals surface area contributed by atoms with Crippen molar-refractivity contribution in [1.82, 2.24) is 14.6 Å². The predicted molar refractivity (Wildman–Crippen MR) is 201 cm³/mol. The second-order valence-corrected chi connectivity index (χ2v) is 18.0. The summed E-state index contributed by atoms with van der Waals surface area (Å²) in [7, 11) is -3.96. The molecule has 1 aromatic heterocycles. The molecule has 2 bridgehead atoms. The second-order valence-electron chi connectivity index (χ2n) is 15.5. The number of pyridine rings is 1. The Hall–Kier alpha value is -3.18. The predicted octanol–water partition coefficient (Wildman–Crippen LogP) is 6.54. The van der Waals surface area contributed by atoms with Gasteiger partial charge in [-0.3, -0.25) is 14.7 Å². The zero-order valence-electron chi connectivity index (χ0n) is 29.8. The number of nitrogens with one attached hydrogen (secondary N) is 1. The minimum absolute atomic E-state index is 0.0950. The molecule has 1 saturated carbocycles. The van der Waals surface area contributed by atoms with Gasteiger partial charge in [0.15, 0.2) is 0 Å². The number of carbonyl (C=O) groups is 1. The van der Waals surface area contributed by atoms with Gasteiger partial charge in [-0.1, -0.05) is 31.0 Å². The van der Waals surface area contributed by atoms with Crippen LogP contribution in [0.15, 0.2) is 54.9 Å². The molecule has 0 spiro atoms. The molecule has 0 saturated heterocycles. The molecule has 3 aromatic rings. The van der Waals surface area contributed by atoms with E-state index in [0.717, 1.165) is 69.4 Å². The number of β-amino-alcohol motifs (C(OH)–C–C–N with tert-alkyl or cyclic N) is 1. The fourth-order valence-corrected chi connectivity index (χ4v) is 10.3. The quantitative estimate of drug-likeness (QED) is 0.306. The first-order valence-electron chi connectivity index (χ1n) is 18.7. The molecule has 1 amide bonds. The molecule has 4 aliphatic rings. The highest BCUT2D eigenvalue weighted by molar-refractivity contribution is 7.90. The van der Waals surface area contributed by atoms with Crippen LogP contribution >= 0.6 is 11.6 Å². The zero-order chi connectivity index (χ0) is 35.8. The Bertz CT molecular complexity index is 1860. The standard InChI is InChI=1S/C40H51ClN4O5S/c1-27-6-5-16-40(47,26-44-19-15-29-14-17-42-22-34(29)23-44)36-12-9-32(36)24-45-18-4-3-7-30-20-35(41)11-8-33(30)25-50-38-13-10-31(21-37(38)45)39(46)43-51(48,49)28(27)2/h8,10-11,13-14,17,20-22,27-28,32,36,47H,3-7,9,12,15-16,18-19,23-26H2,1-2H3,(H,43,46)/t27-,28+,32-,36+,40-/m0/s1. The van der Waals surface area contributed by atoms with Crippen LogP contribution in [0.2, 0.25) is 5.02 Å². The molecular formula is C40H51ClN4O5S. The number of carbonyl (C=O) groups excluding carboxylic acids is 1. The van der Waals surface area contributed by atoms with Gasteiger partial charge in [-0.15, -0.1) is 0 Å². The summed E-state index contributed by atoms with van der Waals surface area (Å²) < 4.78 is 36.0. The minimum atomic E-state index is -3.96. The number of hydrogen-bond donors (Lipinski definition) is 2. The van der Waals surface area contributed by atoms with Crippen molar-refractivity contribution >= 4 is 33.2 Å². The summed E-state index contributed by atoms with van der Waals surface area (Å²) in [4.78, 5) is 22.6. The van der Waals surface area contributed by atoms with Gasteiger partial charge in [0.25, 0.3) is 5.91 Å². The van der Waals surface area contributed by atoms with Crippen molar-refractivity contribution in [3.63, 3.8) is 0 Å². The summed E-state index contributed by atoms with van der Waals surface area (Å²) >= 11 is 6.38. The van der Waals surface area contributed by atoms with Gasteiger partial charge in [-0.25, -0.2) is 13.1 Å². The normalized spacial score (nSPS) is 28.8. The van der Waals surface area contributed by atoms with E-state index < -0.39 is 26.8 Å². The third kappa shape index (κ3) is 7.94. The molecule has 1 fully saturated rings. The summed E-state index contributed by atoms with van der Waals surface area (Å²) in [6.07, 6.45) is 11.4. The summed E-state index contributed by atoms with van der Waals surface area (Å²) in [6, 6.07) is 13.3. The van der Waals surface area contributed by atoms with Gasteiger partial charge in [0.2, 0.25) is 10.0 Å². The molecule has 4 heterocycles. The Morgan fingerprint density at radius 1 is 0.980 bits per heavy atom. The van der Waals surface area contributed by atoms with Crippen molar-refractivity contribution < 1.29 is 23.1 Å². The highest BCUT2D eigenvalue weighted by Crippen LogP contribution is 2.47. The Balaban J connectivity index is 1.23. The van der Waals surface area contributed by atoms with E-state index in [9.17, 15) is 18.3 Å². The van der Waals surface area contributed by atoms with Gasteiger partial charge >= 0.3 is 0 Å². The number of aliphatic hydroxyl groups is 1. The number of hydrogen-bond acceptors (Lipinski definition) is 8. The van der Waals surface area contributed by atoms with Crippen LogP contribution in [0.5, 0.6) is 5.75 Å². The number of fused-ring (bicyclic) bond motifs is 4. The fourth-order valence-electron chi connectivity index (χ4n) is 8.75. The van der Waals surface area contributed by atoms with E-state index in [-0.39, 0.29) is 23.3 Å². The molecule has 0 unspecified atom stereocenters. The number of nitrogens with zero attached hydrogens (tertiary/aromatic N) is 3. The van der Waals surface area contributed by atoms with Crippen LogP contribution in [0.1, 0.15) is 91.4 Å². The SMILES string of the molecule is C[C@@H]1[C@@H](C)CCC[C@](O)(CN2CCc3ccncc3C2)[C@@H]2CC[C@H]2CN2CCCCc3cc(Cl)ccc3COc3ccc(cc32)C(=O)NS1(=O)=O. The van der Waals surface area contributed by atoms with Crippen LogP contribution in [-0.2, 0) is 36.0 Å². The summed E-state index contributed by atoms with van der Waals surface area (Å²) in [6.45, 7) is 7.63. The van der Waals surface area contributed by atoms with Gasteiger partial charge in [0.05, 0.1) is 16.5 Å². The summed E-state index contributed by atoms with van der Waals surface area (Å²) in [5, 5.41) is 12.7. The van der Waals surface area contributed by atoms with Crippen LogP contribution in [0.4, 0.5) is 5.69 Å². The van der Waals surface area contributed by atoms with Crippen LogP contribution in [0.3, 0.4) is 0 Å². The maximum atomic E-state index is 13.6. The first-order chi connectivity index (χ1) is 24.5. The molecule has 9 nitrogen and oxygen atoms in total. The van der Waals surface area contributed by atoms with E-state index in [4.69, 9.17) is 16.3 Å². The number of aryl methyl sites for hydroxylation is 1. The van der Waals surface area contributed by atoms with E-state index in [0.29, 0.717) is 49.7 Å². The van der Waals surface area contributed by atoms with Gasteiger partial charge in [-0.2, -0.15) is 0 Å². The molecule has 2 N–H and O–H groups in total. The van der Waals surface area contributed by atoms with Gasteiger partial charge < -0.3 is 14.7 Å². The van der Waals surface area contributed by atoms with Gasteiger partial charge in [-0.05, 0) is 135 Å². The van der Waals surface area contributed by atoms with Crippen LogP contribution in [-0.4, -0.2) is 66.3 Å². The van der Waals surface area contributed by atoms with Gasteiger partial charge in [0, 0.05) is 55.7 Å². The first kappa shape index (κ1) is 36.2. The molecule has 5 atom stereocenters. The van der Waals surface area contributed by atoms with Crippen LogP contribution in [0.25, 0.3) is 0 Å². The number of sulfonamides is 1. The monoisotopic (exact) mass is 734 g/mol. The Labute approximate surface area is 307 Å². The largest absolute Gasteiger partial charge is 0.487 e. The molecule has 51 heavy (non-hydrogen) atoms. The van der Waals surface area contributed by atoms with E-state index in [1.54, 1.807) is 25.1 Å². The number of halogens is 1. The molecule has 274 valence electrons. The van der Waals surface area contributed by atoms with E-state index in [1.807, 2.05) is 37.5 Å². The highest BCUT2D eigenvalue weighted by Gasteiger charge is 2.48. The Morgan fingerprint density at radius 2 is 1.84 bits per heavy atom. The molecular weight excluding hydrogens is 684 g/mol. The van der Waals surface area contributed by atoms with E-state index >= 15 is 0 Å². The van der Waals surface area contributed by atoms with Crippen molar-refractivity contribution in [2.45, 2.75) is 95.6 Å². The van der Waals surface area contributed by atoms with E-state index in [1.165, 1.54) is 16.7 Å². The summed E-state index contributed by atoms with van der Waals surface area (Å²) in [5.41, 5.74) is 4.93. The molecule has 3 aliphatic heterocycles. The van der Waals surface area contributed by atoms with Crippen LogP contribution in [0, 0.1) is 17.8 Å². The lowest BCUT2D eigenvalue weighted by atomic mass is 9.62. The lowest BCUT2D eigenvalue weighted by molar-refractivity contribution is -0.107. The number of ether oxygens (including phenoxy) is 1. The topological polar surface area (TPSA) is 112 Å². The summed E-state index contributed by atoms with van der Waals surface area (Å²) in [5.74, 6) is 0.161. The number of aromatic nitrogens is 1. The smallest absolute Gasteiger partial charge is 0.264 e. The van der Waals surface area contributed by atoms with E-state index in [2.05, 4.69) is 25.6 Å². The van der Waals surface area contributed by atoms with Crippen molar-refractivity contribution in [1.29, 1.82) is 0 Å². The number of benzene rings is 2. The lowest BCUT2D eigenvalue weighted by Crippen LogP contribution is -2.56. The van der Waals surface area contributed by atoms with Crippen molar-refractivity contribution in [2.24, 2.45) is 17.8 Å². The third-order valence-electron chi connectivity index (χ3n) is 12.2. The maximum absolute atomic E-state index is 13.6. The van der Waals surface area contributed by atoms with Crippen LogP contribution < -0.4 is 14.4 Å². The lowest BCUT2D eigenvalue weighted by Gasteiger charge is -2.51. The average molecular weight is 735 g/mol. The molecule has 7 rings (SSSR count). The van der Waals surface area contributed by atoms with Crippen molar-refractivity contribution in [2.75, 3.05) is 31.1 Å². The number of rotatable bonds is 2. The molecule has 11 heteroatoms. The third-order valence-corrected chi connectivity index (χ3v) is 14.3. The molecule has 0 radical (unpaired) electrons. The first-order valence-corrected chi connectivity index (χ1v) is 20.6. The van der Waals surface area contributed by atoms with Crippen molar-refractivity contribution in [3.05, 3.63) is 87.7 Å². The highest BCUT2D eigenvalue weighted by atomic mass is 35.5. The maximum Gasteiger partial charge on any atom is 0.264 e. The number of anilines is 1. The minimum Gasteiger partial charge on any atom is -0.487 e. The Morgan fingerprint density at radius 3 is 2.67 bits per heavy atom. The molecule has 1 aliphatic carbocycles. The van der Waals surface area contributed by atoms with Crippen molar-refractivity contribution in [3.8, 4) is 5.75 Å². The average Bonchev–Trinajstić information content (AvgIpc) is 3.12. The second kappa shape index (κ2) is 15.0. The zero-order valence-corrected chi connectivity index (χ0v) is 31.4.